The van der Waals surface area contributed by atoms with Crippen molar-refractivity contribution in [3.8, 4) is 17.4 Å². The number of ether oxygens (including phenoxy) is 2. The van der Waals surface area contributed by atoms with Crippen molar-refractivity contribution in [2.45, 2.75) is 6.54 Å². The molecule has 2 rings (SSSR count). The molecule has 0 unspecified atom stereocenters. The van der Waals surface area contributed by atoms with Crippen molar-refractivity contribution in [1.82, 2.24) is 9.55 Å². The Balaban J connectivity index is 2.23. The number of nitro groups is 1. The quantitative estimate of drug-likeness (QED) is 0.434. The Morgan fingerprint density at radius 3 is 2.74 bits per heavy atom. The number of aldehydes is 1. The molecule has 0 saturated heterocycles. The first-order valence-electron chi connectivity index (χ1n) is 6.40. The van der Waals surface area contributed by atoms with Gasteiger partial charge < -0.3 is 19.6 Å². The van der Waals surface area contributed by atoms with E-state index in [1.807, 2.05) is 0 Å². The Bertz CT molecular complexity index is 793. The van der Waals surface area contributed by atoms with E-state index in [0.717, 1.165) is 10.8 Å². The first-order chi connectivity index (χ1) is 11.0. The summed E-state index contributed by atoms with van der Waals surface area (Å²) in [5.41, 5.74) is -1.15. The zero-order valence-electron chi connectivity index (χ0n) is 12.0. The van der Waals surface area contributed by atoms with Crippen molar-refractivity contribution in [2.24, 2.45) is 0 Å². The normalized spacial score (nSPS) is 10.3. The number of nitro benzene ring substituents is 1. The van der Waals surface area contributed by atoms with Gasteiger partial charge in [0.2, 0.25) is 11.6 Å². The third kappa shape index (κ3) is 3.15. The van der Waals surface area contributed by atoms with Gasteiger partial charge in [-0.15, -0.1) is 0 Å². The lowest BCUT2D eigenvalue weighted by molar-refractivity contribution is -0.386. The standard InChI is InChI=1S/C13H13N3O7/c1-22-12-9(3-2-8(7-17)11(12)16(20)21)23-5-4-15-10(18)6-14-13(15)19/h2-3,6-7,18H,4-5H2,1H3,(H,14,19). The molecule has 0 saturated carbocycles. The van der Waals surface area contributed by atoms with Crippen molar-refractivity contribution in [3.63, 3.8) is 0 Å². The average molecular weight is 323 g/mol. The number of imidazole rings is 1. The number of aromatic hydroxyl groups is 1. The number of hydrogen-bond donors (Lipinski definition) is 2. The zero-order chi connectivity index (χ0) is 17.0. The maximum atomic E-state index is 11.4. The van der Waals surface area contributed by atoms with Crippen LogP contribution in [-0.4, -0.2) is 39.6 Å². The van der Waals surface area contributed by atoms with Crippen LogP contribution in [0, 0.1) is 10.1 Å². The van der Waals surface area contributed by atoms with Gasteiger partial charge >= 0.3 is 11.4 Å². The summed E-state index contributed by atoms with van der Waals surface area (Å²) in [5.74, 6) is -0.397. The van der Waals surface area contributed by atoms with Gasteiger partial charge in [0.1, 0.15) is 6.61 Å². The van der Waals surface area contributed by atoms with Gasteiger partial charge in [-0.3, -0.25) is 19.5 Å². The van der Waals surface area contributed by atoms with Gasteiger partial charge in [0, 0.05) is 0 Å². The van der Waals surface area contributed by atoms with Crippen molar-refractivity contribution in [3.05, 3.63) is 44.5 Å². The molecule has 1 heterocycles. The molecule has 0 aliphatic rings. The minimum Gasteiger partial charge on any atom is -0.493 e. The molecular formula is C13H13N3O7. The second kappa shape index (κ2) is 6.64. The first kappa shape index (κ1) is 16.1. The van der Waals surface area contributed by atoms with Crippen LogP contribution in [0.15, 0.2) is 23.1 Å². The molecule has 0 bridgehead atoms. The summed E-state index contributed by atoms with van der Waals surface area (Å²) in [7, 11) is 1.21. The molecule has 1 aromatic heterocycles. The Morgan fingerprint density at radius 1 is 1.48 bits per heavy atom. The van der Waals surface area contributed by atoms with Crippen LogP contribution in [0.1, 0.15) is 10.4 Å². The van der Waals surface area contributed by atoms with E-state index in [4.69, 9.17) is 9.47 Å². The molecule has 1 aromatic carbocycles. The van der Waals surface area contributed by atoms with Crippen LogP contribution in [0.5, 0.6) is 17.4 Å². The van der Waals surface area contributed by atoms with Crippen LogP contribution in [0.3, 0.4) is 0 Å². The maximum Gasteiger partial charge on any atom is 0.328 e. The summed E-state index contributed by atoms with van der Waals surface area (Å²) < 4.78 is 11.4. The van der Waals surface area contributed by atoms with E-state index >= 15 is 0 Å². The molecule has 0 aliphatic heterocycles. The predicted molar refractivity (Wildman–Crippen MR) is 77.2 cm³/mol. The number of aromatic amines is 1. The zero-order valence-corrected chi connectivity index (χ0v) is 12.0. The Kier molecular flexibility index (Phi) is 4.64. The van der Waals surface area contributed by atoms with Crippen LogP contribution >= 0.6 is 0 Å². The minimum atomic E-state index is -0.738. The monoisotopic (exact) mass is 323 g/mol. The highest BCUT2D eigenvalue weighted by Crippen LogP contribution is 2.38. The van der Waals surface area contributed by atoms with E-state index in [9.17, 15) is 24.8 Å². The van der Waals surface area contributed by atoms with Crippen LogP contribution in [0.2, 0.25) is 0 Å². The number of carbonyl (C=O) groups is 1. The highest BCUT2D eigenvalue weighted by Gasteiger charge is 2.25. The summed E-state index contributed by atoms with van der Waals surface area (Å²) in [5, 5.41) is 20.5. The molecule has 0 fully saturated rings. The summed E-state index contributed by atoms with van der Waals surface area (Å²) in [6.45, 7) is -0.0418. The second-order valence-electron chi connectivity index (χ2n) is 4.36. The number of carbonyl (C=O) groups excluding carboxylic acids is 1. The van der Waals surface area contributed by atoms with E-state index in [1.165, 1.54) is 19.2 Å². The van der Waals surface area contributed by atoms with Gasteiger partial charge in [-0.05, 0) is 12.1 Å². The fraction of sp³-hybridized carbons (Fsp3) is 0.231. The second-order valence-corrected chi connectivity index (χ2v) is 4.36. The fourth-order valence-corrected chi connectivity index (χ4v) is 2.01. The molecule has 23 heavy (non-hydrogen) atoms. The van der Waals surface area contributed by atoms with Crippen molar-refractivity contribution >= 4 is 12.0 Å². The van der Waals surface area contributed by atoms with Crippen molar-refractivity contribution < 1.29 is 24.3 Å². The van der Waals surface area contributed by atoms with Gasteiger partial charge in [-0.1, -0.05) is 0 Å². The lowest BCUT2D eigenvalue weighted by Gasteiger charge is -2.12. The van der Waals surface area contributed by atoms with Gasteiger partial charge in [-0.25, -0.2) is 4.79 Å². The Hall–Kier alpha value is -3.30. The minimum absolute atomic E-state index is 0.0144. The predicted octanol–water partition coefficient (Wildman–Crippen LogP) is 0.690. The SMILES string of the molecule is COc1c(OCCn2c(O)c[nH]c2=O)ccc(C=O)c1[N+](=O)[O-]. The number of nitrogens with one attached hydrogen (secondary N) is 1. The number of nitrogens with zero attached hydrogens (tertiary/aromatic N) is 2. The molecule has 0 spiro atoms. The average Bonchev–Trinajstić information content (AvgIpc) is 2.85. The lowest BCUT2D eigenvalue weighted by Crippen LogP contribution is -2.20. The van der Waals surface area contributed by atoms with Gasteiger partial charge in [0.15, 0.2) is 12.0 Å². The third-order valence-corrected chi connectivity index (χ3v) is 3.06. The highest BCUT2D eigenvalue weighted by atomic mass is 16.6. The van der Waals surface area contributed by atoms with Crippen LogP contribution in [-0.2, 0) is 6.54 Å². The Labute approximate surface area is 129 Å². The summed E-state index contributed by atoms with van der Waals surface area (Å²) >= 11 is 0. The molecule has 10 nitrogen and oxygen atoms in total. The van der Waals surface area contributed by atoms with Crippen molar-refractivity contribution in [1.29, 1.82) is 0 Å². The maximum absolute atomic E-state index is 11.4. The molecule has 2 aromatic rings. The smallest absolute Gasteiger partial charge is 0.328 e. The van der Waals surface area contributed by atoms with E-state index in [1.54, 1.807) is 0 Å². The third-order valence-electron chi connectivity index (χ3n) is 3.06. The van der Waals surface area contributed by atoms with Crippen LogP contribution in [0.4, 0.5) is 5.69 Å². The molecular weight excluding hydrogens is 310 g/mol. The lowest BCUT2D eigenvalue weighted by atomic mass is 10.1. The molecule has 0 amide bonds. The highest BCUT2D eigenvalue weighted by molar-refractivity contribution is 5.85. The van der Waals surface area contributed by atoms with Gasteiger partial charge in [0.25, 0.3) is 0 Å². The van der Waals surface area contributed by atoms with Gasteiger partial charge in [0.05, 0.1) is 30.3 Å². The van der Waals surface area contributed by atoms with E-state index in [0.29, 0.717) is 6.29 Å². The molecule has 122 valence electrons. The number of aromatic nitrogens is 2. The number of rotatable bonds is 7. The number of methoxy groups -OCH3 is 1. The molecule has 0 atom stereocenters. The van der Waals surface area contributed by atoms with Crippen molar-refractivity contribution in [2.75, 3.05) is 13.7 Å². The summed E-state index contributed by atoms with van der Waals surface area (Å²) in [4.78, 5) is 34.9. The molecule has 2 N–H and O–H groups in total. The number of H-pyrrole nitrogens is 1. The van der Waals surface area contributed by atoms with E-state index < -0.39 is 16.3 Å². The van der Waals surface area contributed by atoms with Crippen LogP contribution in [0.25, 0.3) is 0 Å². The van der Waals surface area contributed by atoms with Crippen LogP contribution < -0.4 is 15.2 Å². The first-order valence-corrected chi connectivity index (χ1v) is 6.40. The summed E-state index contributed by atoms with van der Waals surface area (Å²) in [6.07, 6.45) is 1.48. The largest absolute Gasteiger partial charge is 0.493 e. The van der Waals surface area contributed by atoms with E-state index in [-0.39, 0.29) is 36.1 Å². The fourth-order valence-electron chi connectivity index (χ4n) is 2.01. The molecule has 0 aliphatic carbocycles. The van der Waals surface area contributed by atoms with Gasteiger partial charge in [-0.2, -0.15) is 0 Å². The molecule has 0 radical (unpaired) electrons. The molecule has 10 heteroatoms. The Morgan fingerprint density at radius 2 is 2.22 bits per heavy atom. The van der Waals surface area contributed by atoms with E-state index in [2.05, 4.69) is 4.98 Å². The number of hydrogen-bond acceptors (Lipinski definition) is 7. The topological polar surface area (TPSA) is 137 Å². The summed E-state index contributed by atoms with van der Waals surface area (Å²) in [6, 6.07) is 2.60. The number of benzene rings is 1.